The summed E-state index contributed by atoms with van der Waals surface area (Å²) in [7, 11) is 0. The minimum atomic E-state index is 0.604. The number of nitrogens with zero attached hydrogens (tertiary/aromatic N) is 4. The average molecular weight is 1430 g/mol. The maximum absolute atomic E-state index is 6.48. The van der Waals surface area contributed by atoms with Gasteiger partial charge >= 0.3 is 0 Å². The van der Waals surface area contributed by atoms with Gasteiger partial charge in [-0.3, -0.25) is 0 Å². The number of hydrogen-bond acceptors (Lipinski definition) is 6. The highest BCUT2D eigenvalue weighted by atomic mass is 16.5. The van der Waals surface area contributed by atoms with Crippen molar-refractivity contribution in [3.63, 3.8) is 0 Å². The third-order valence-electron chi connectivity index (χ3n) is 21.4. The van der Waals surface area contributed by atoms with Gasteiger partial charge in [-0.1, -0.05) is 203 Å². The van der Waals surface area contributed by atoms with Crippen LogP contribution in [-0.2, 0) is 0 Å². The first-order chi connectivity index (χ1) is 53.9. The molecular formula is C100H82N8O2. The molecule has 16 bridgehead atoms. The molecule has 4 aliphatic heterocycles. The fraction of sp³-hybridized carbons (Fsp3) is 0.120. The largest absolute Gasteiger partial charge is 0.494 e. The first-order valence-corrected chi connectivity index (χ1v) is 38.1. The van der Waals surface area contributed by atoms with Crippen molar-refractivity contribution in [2.45, 2.75) is 67.2 Å². The first-order valence-electron chi connectivity index (χ1n) is 38.1. The van der Waals surface area contributed by atoms with Gasteiger partial charge in [0.2, 0.25) is 0 Å². The summed E-state index contributed by atoms with van der Waals surface area (Å²) in [5, 5.41) is 0. The number of unbranched alkanes of at least 4 members (excludes halogenated alkanes) is 3. The van der Waals surface area contributed by atoms with Crippen LogP contribution in [0.3, 0.4) is 0 Å². The lowest BCUT2D eigenvalue weighted by molar-refractivity contribution is 0.287. The Morgan fingerprint density at radius 2 is 0.345 bits per heavy atom. The molecule has 0 saturated carbocycles. The van der Waals surface area contributed by atoms with E-state index in [1.54, 1.807) is 0 Å². The van der Waals surface area contributed by atoms with E-state index in [-0.39, 0.29) is 0 Å². The van der Waals surface area contributed by atoms with Crippen LogP contribution in [-0.4, -0.2) is 53.1 Å². The predicted molar refractivity (Wildman–Crippen MR) is 459 cm³/mol. The van der Waals surface area contributed by atoms with Crippen LogP contribution in [0.25, 0.3) is 182 Å². The molecule has 534 valence electrons. The minimum Gasteiger partial charge on any atom is -0.494 e. The van der Waals surface area contributed by atoms with E-state index in [9.17, 15) is 0 Å². The number of benzene rings is 8. The highest BCUT2D eigenvalue weighted by Gasteiger charge is 2.23. The van der Waals surface area contributed by atoms with Crippen molar-refractivity contribution in [2.24, 2.45) is 0 Å². The van der Waals surface area contributed by atoms with E-state index in [0.29, 0.717) is 13.2 Å². The number of ether oxygens (including phenoxy) is 2. The van der Waals surface area contributed by atoms with Crippen LogP contribution in [0.15, 0.2) is 243 Å². The zero-order valence-electron chi connectivity index (χ0n) is 62.6. The van der Waals surface area contributed by atoms with Crippen LogP contribution in [0.2, 0.25) is 0 Å². The molecule has 6 aromatic heterocycles. The molecule has 10 heterocycles. The van der Waals surface area contributed by atoms with Crippen molar-refractivity contribution in [1.82, 2.24) is 39.9 Å². The molecule has 0 atom stereocenters. The Bertz CT molecular complexity index is 5900. The Labute approximate surface area is 640 Å². The zero-order valence-corrected chi connectivity index (χ0v) is 62.6. The standard InChI is InChI=1S/C100H82N8O2/c1-61-11-23-67(24-12-61)93-77-43-47-81(101-77)95(69-27-15-63(3)16-28-69)85-51-55-89(105-85)99(90-56-52-86(106-90)96(82-48-44-78(93)102-82)70-29-17-64(4)18-30-70)73-35-39-75(40-36-73)109-59-9-7-8-10-60-110-76-41-37-74(38-42-76)100-91-57-53-87(107-91)97(71-31-19-65(5)20-32-71)83-49-45-79(103-83)94(68-25-13-62(2)14-26-68)80-46-50-84(104-80)98(88-54-58-92(100)108-88)72-33-21-66(6)22-34-72/h11-58,101,103,106,108H,7-10,59-60H2,1-6H3. The lowest BCUT2D eigenvalue weighted by Gasteiger charge is -2.10. The number of rotatable bonds is 17. The molecule has 0 spiro atoms. The van der Waals surface area contributed by atoms with Crippen molar-refractivity contribution in [3.8, 4) is 101 Å². The van der Waals surface area contributed by atoms with Gasteiger partial charge in [0.05, 0.1) is 58.8 Å². The van der Waals surface area contributed by atoms with Gasteiger partial charge in [-0.2, -0.15) is 0 Å². The third kappa shape index (κ3) is 13.7. The Balaban J connectivity index is 0.606. The van der Waals surface area contributed by atoms with Crippen LogP contribution in [0.4, 0.5) is 0 Å². The number of nitrogens with one attached hydrogen (secondary N) is 4. The molecule has 110 heavy (non-hydrogen) atoms. The van der Waals surface area contributed by atoms with E-state index in [2.05, 4.69) is 353 Å². The fourth-order valence-electron chi connectivity index (χ4n) is 15.5. The number of H-pyrrole nitrogens is 4. The lowest BCUT2D eigenvalue weighted by Crippen LogP contribution is -2.00. The monoisotopic (exact) mass is 1430 g/mol. The van der Waals surface area contributed by atoms with E-state index in [1.165, 1.54) is 33.4 Å². The van der Waals surface area contributed by atoms with E-state index in [1.807, 2.05) is 0 Å². The molecule has 0 radical (unpaired) electrons. The van der Waals surface area contributed by atoms with Gasteiger partial charge in [0.15, 0.2) is 0 Å². The van der Waals surface area contributed by atoms with Gasteiger partial charge in [-0.25, -0.2) is 19.9 Å². The number of aromatic nitrogens is 8. The summed E-state index contributed by atoms with van der Waals surface area (Å²) >= 11 is 0. The number of aryl methyl sites for hydroxylation is 6. The normalized spacial score (nSPS) is 12.2. The second-order valence-corrected chi connectivity index (χ2v) is 29.4. The first kappa shape index (κ1) is 68.4. The molecule has 18 rings (SSSR count). The fourth-order valence-corrected chi connectivity index (χ4v) is 15.5. The number of aromatic amines is 4. The predicted octanol–water partition coefficient (Wildman–Crippen LogP) is 25.8. The summed E-state index contributed by atoms with van der Waals surface area (Å²) in [5.74, 6) is 1.64. The van der Waals surface area contributed by atoms with Crippen molar-refractivity contribution in [3.05, 3.63) is 322 Å². The van der Waals surface area contributed by atoms with Gasteiger partial charge < -0.3 is 29.4 Å². The summed E-state index contributed by atoms with van der Waals surface area (Å²) in [6.45, 7) is 14.0. The van der Waals surface area contributed by atoms with Crippen molar-refractivity contribution in [2.75, 3.05) is 13.2 Å². The van der Waals surface area contributed by atoms with Gasteiger partial charge in [0.1, 0.15) is 11.5 Å². The third-order valence-corrected chi connectivity index (χ3v) is 21.4. The summed E-state index contributed by atoms with van der Waals surface area (Å²) in [5.41, 5.74) is 38.4. The highest BCUT2D eigenvalue weighted by molar-refractivity contribution is 6.03. The minimum absolute atomic E-state index is 0.604. The Morgan fingerprint density at radius 1 is 0.191 bits per heavy atom. The second kappa shape index (κ2) is 29.4. The highest BCUT2D eigenvalue weighted by Crippen LogP contribution is 2.43. The van der Waals surface area contributed by atoms with Crippen LogP contribution in [0, 0.1) is 41.5 Å². The molecule has 10 nitrogen and oxygen atoms in total. The summed E-state index contributed by atoms with van der Waals surface area (Å²) in [6.07, 6.45) is 21.1. The van der Waals surface area contributed by atoms with E-state index in [0.717, 1.165) is 216 Å². The Kier molecular flexibility index (Phi) is 18.3. The number of fused-ring (bicyclic) bond motifs is 16. The van der Waals surface area contributed by atoms with Gasteiger partial charge in [-0.05, 0) is 233 Å². The van der Waals surface area contributed by atoms with Gasteiger partial charge in [0, 0.05) is 88.6 Å². The average Bonchev–Trinajstić information content (AvgIpc) is 1.61. The summed E-state index contributed by atoms with van der Waals surface area (Å²) in [4.78, 5) is 37.8. The maximum Gasteiger partial charge on any atom is 0.119 e. The van der Waals surface area contributed by atoms with E-state index in [4.69, 9.17) is 29.4 Å². The molecule has 0 fully saturated rings. The topological polar surface area (TPSA) is 133 Å². The van der Waals surface area contributed by atoms with Crippen LogP contribution in [0.1, 0.15) is 105 Å². The lowest BCUT2D eigenvalue weighted by atomic mass is 10.0. The Hall–Kier alpha value is -13.4. The van der Waals surface area contributed by atoms with Crippen LogP contribution < -0.4 is 9.47 Å². The van der Waals surface area contributed by atoms with E-state index >= 15 is 0 Å². The Morgan fingerprint density at radius 3 is 0.509 bits per heavy atom. The summed E-state index contributed by atoms with van der Waals surface area (Å²) < 4.78 is 13.0. The second-order valence-electron chi connectivity index (χ2n) is 29.4. The van der Waals surface area contributed by atoms with Gasteiger partial charge in [-0.15, -0.1) is 0 Å². The maximum atomic E-state index is 6.48. The molecule has 8 aromatic carbocycles. The zero-order chi connectivity index (χ0) is 74.3. The smallest absolute Gasteiger partial charge is 0.119 e. The molecule has 0 aliphatic carbocycles. The summed E-state index contributed by atoms with van der Waals surface area (Å²) in [6, 6.07) is 86.8. The van der Waals surface area contributed by atoms with Crippen molar-refractivity contribution >= 4 is 92.7 Å². The molecule has 4 N–H and O–H groups in total. The van der Waals surface area contributed by atoms with Crippen molar-refractivity contribution in [1.29, 1.82) is 0 Å². The van der Waals surface area contributed by atoms with Crippen LogP contribution >= 0.6 is 0 Å². The quantitative estimate of drug-likeness (QED) is 0.0671. The molecule has 0 amide bonds. The van der Waals surface area contributed by atoms with Crippen molar-refractivity contribution < 1.29 is 9.47 Å². The SMILES string of the molecule is Cc1ccc(-c2c3nc(c(-c4ccc(C)cc4)c4ccc([nH]4)c(-c4ccc(OCCCCCCOc5ccc(-c6c7nc(c(-c8ccc(C)cc8)c8ccc([nH]8)c(-c8ccc(C)cc8)c8nc(c(-c9ccc(C)cc9)c9ccc6[nH]9)C=C8)C=C7)cc5)cc4)c4nc(c(-c5ccc(C)cc5)c5ccc2[nH]5)C=C4)C=C3)cc1. The van der Waals surface area contributed by atoms with E-state index < -0.39 is 0 Å². The molecule has 4 aliphatic rings. The molecule has 10 heteroatoms. The molecule has 0 unspecified atom stereocenters. The van der Waals surface area contributed by atoms with Crippen LogP contribution in [0.5, 0.6) is 11.5 Å². The molecule has 14 aromatic rings. The molecule has 0 saturated heterocycles. The number of hydrogen-bond donors (Lipinski definition) is 4. The molecular weight excluding hydrogens is 1350 g/mol. The van der Waals surface area contributed by atoms with Gasteiger partial charge in [0.25, 0.3) is 0 Å².